The third-order valence-corrected chi connectivity index (χ3v) is 3.97. The van der Waals surface area contributed by atoms with Gasteiger partial charge >= 0.3 is 5.97 Å². The van der Waals surface area contributed by atoms with Gasteiger partial charge in [-0.2, -0.15) is 4.98 Å². The molecule has 116 valence electrons. The monoisotopic (exact) mass is 372 g/mol. The van der Waals surface area contributed by atoms with E-state index in [1.165, 1.54) is 0 Å². The average Bonchev–Trinajstić information content (AvgIpc) is 3.02. The largest absolute Gasteiger partial charge is 0.452 e. The third kappa shape index (κ3) is 3.48. The van der Waals surface area contributed by atoms with Gasteiger partial charge in [0.25, 0.3) is 5.89 Å². The molecule has 0 fully saturated rings. The highest BCUT2D eigenvalue weighted by Gasteiger charge is 2.14. The predicted octanol–water partition coefficient (Wildman–Crippen LogP) is 4.16. The summed E-state index contributed by atoms with van der Waals surface area (Å²) in [5, 5.41) is 3.93. The lowest BCUT2D eigenvalue weighted by atomic mass is 10.1. The molecule has 0 aliphatic carbocycles. The van der Waals surface area contributed by atoms with Crippen LogP contribution in [0.1, 0.15) is 21.8 Å². The van der Waals surface area contributed by atoms with Crippen molar-refractivity contribution in [1.82, 2.24) is 10.1 Å². The van der Waals surface area contributed by atoms with Crippen LogP contribution in [0.2, 0.25) is 0 Å². The van der Waals surface area contributed by atoms with E-state index in [9.17, 15) is 4.79 Å². The number of esters is 1. The van der Waals surface area contributed by atoms with Gasteiger partial charge in [-0.1, -0.05) is 41.6 Å². The molecule has 0 atom stereocenters. The number of aromatic nitrogens is 2. The number of rotatable bonds is 4. The Morgan fingerprint density at radius 2 is 1.91 bits per heavy atom. The van der Waals surface area contributed by atoms with Crippen LogP contribution in [0, 0.1) is 6.92 Å². The summed E-state index contributed by atoms with van der Waals surface area (Å²) in [6.45, 7) is 1.90. The van der Waals surface area contributed by atoms with Crippen LogP contribution in [0.25, 0.3) is 11.4 Å². The lowest BCUT2D eigenvalue weighted by molar-refractivity contribution is 0.0428. The van der Waals surface area contributed by atoms with Crippen molar-refractivity contribution < 1.29 is 14.1 Å². The van der Waals surface area contributed by atoms with Crippen molar-refractivity contribution in [3.63, 3.8) is 0 Å². The Morgan fingerprint density at radius 1 is 1.17 bits per heavy atom. The van der Waals surface area contributed by atoms with Gasteiger partial charge in [-0.25, -0.2) is 4.79 Å². The maximum absolute atomic E-state index is 12.0. The van der Waals surface area contributed by atoms with E-state index < -0.39 is 5.97 Å². The molecule has 0 unspecified atom stereocenters. The smallest absolute Gasteiger partial charge is 0.339 e. The van der Waals surface area contributed by atoms with E-state index in [0.29, 0.717) is 15.9 Å². The predicted molar refractivity (Wildman–Crippen MR) is 87.7 cm³/mol. The summed E-state index contributed by atoms with van der Waals surface area (Å²) in [4.78, 5) is 16.3. The molecule has 0 N–H and O–H groups in total. The van der Waals surface area contributed by atoms with Crippen LogP contribution in [-0.2, 0) is 11.3 Å². The molecule has 0 radical (unpaired) electrons. The van der Waals surface area contributed by atoms with Crippen molar-refractivity contribution in [2.75, 3.05) is 0 Å². The van der Waals surface area contributed by atoms with Crippen LogP contribution in [0.3, 0.4) is 0 Å². The van der Waals surface area contributed by atoms with E-state index in [2.05, 4.69) is 26.1 Å². The topological polar surface area (TPSA) is 65.2 Å². The van der Waals surface area contributed by atoms with Crippen molar-refractivity contribution >= 4 is 21.9 Å². The fourth-order valence-electron chi connectivity index (χ4n) is 2.08. The second-order valence-corrected chi connectivity index (χ2v) is 5.74. The number of ether oxygens (including phenoxy) is 1. The van der Waals surface area contributed by atoms with Gasteiger partial charge in [0, 0.05) is 10.0 Å². The van der Waals surface area contributed by atoms with E-state index in [-0.39, 0.29) is 12.5 Å². The number of halogens is 1. The van der Waals surface area contributed by atoms with E-state index in [1.54, 1.807) is 18.2 Å². The van der Waals surface area contributed by atoms with Gasteiger partial charge in [-0.05, 0) is 40.5 Å². The Hall–Kier alpha value is -2.47. The van der Waals surface area contributed by atoms with E-state index >= 15 is 0 Å². The third-order valence-electron chi connectivity index (χ3n) is 3.27. The first-order chi connectivity index (χ1) is 11.1. The zero-order valence-corrected chi connectivity index (χ0v) is 13.9. The maximum Gasteiger partial charge on any atom is 0.339 e. The minimum Gasteiger partial charge on any atom is -0.452 e. The highest BCUT2D eigenvalue weighted by Crippen LogP contribution is 2.21. The first-order valence-corrected chi connectivity index (χ1v) is 7.74. The number of carbonyl (C=O) groups is 1. The van der Waals surface area contributed by atoms with Crippen molar-refractivity contribution in [2.24, 2.45) is 0 Å². The summed E-state index contributed by atoms with van der Waals surface area (Å²) in [5.41, 5.74) is 2.39. The summed E-state index contributed by atoms with van der Waals surface area (Å²) >= 11 is 3.31. The second kappa shape index (κ2) is 6.75. The van der Waals surface area contributed by atoms with Crippen LogP contribution in [-0.4, -0.2) is 16.1 Å². The first-order valence-electron chi connectivity index (χ1n) is 6.95. The van der Waals surface area contributed by atoms with E-state index in [1.807, 2.05) is 37.3 Å². The normalized spacial score (nSPS) is 10.5. The Morgan fingerprint density at radius 3 is 2.70 bits per heavy atom. The number of aryl methyl sites for hydroxylation is 1. The number of carbonyl (C=O) groups excluding carboxylic acids is 1. The SMILES string of the molecule is Cc1ccccc1-c1noc(COC(=O)c2ccccc2Br)n1. The molecule has 23 heavy (non-hydrogen) atoms. The molecule has 0 amide bonds. The van der Waals surface area contributed by atoms with Crippen molar-refractivity contribution in [3.8, 4) is 11.4 Å². The molecule has 2 aromatic carbocycles. The molecule has 0 saturated heterocycles. The molecule has 0 aliphatic heterocycles. The summed E-state index contributed by atoms with van der Waals surface area (Å²) in [6, 6.07) is 14.8. The summed E-state index contributed by atoms with van der Waals surface area (Å²) in [7, 11) is 0. The van der Waals surface area contributed by atoms with Crippen molar-refractivity contribution in [1.29, 1.82) is 0 Å². The van der Waals surface area contributed by atoms with Gasteiger partial charge in [0.15, 0.2) is 6.61 Å². The summed E-state index contributed by atoms with van der Waals surface area (Å²) < 4.78 is 11.0. The summed E-state index contributed by atoms with van der Waals surface area (Å²) in [6.07, 6.45) is 0. The second-order valence-electron chi connectivity index (χ2n) is 4.88. The van der Waals surface area contributed by atoms with Gasteiger partial charge < -0.3 is 9.26 Å². The van der Waals surface area contributed by atoms with Gasteiger partial charge in [0.1, 0.15) is 0 Å². The van der Waals surface area contributed by atoms with Gasteiger partial charge in [-0.3, -0.25) is 0 Å². The molecular formula is C17H13BrN2O3. The summed E-state index contributed by atoms with van der Waals surface area (Å²) in [5.74, 6) is 0.284. The van der Waals surface area contributed by atoms with Crippen LogP contribution < -0.4 is 0 Å². The molecule has 1 aromatic heterocycles. The lowest BCUT2D eigenvalue weighted by Gasteiger charge is -2.03. The van der Waals surface area contributed by atoms with Crippen molar-refractivity contribution in [3.05, 3.63) is 70.0 Å². The van der Waals surface area contributed by atoms with Gasteiger partial charge in [-0.15, -0.1) is 0 Å². The van der Waals surface area contributed by atoms with E-state index in [0.717, 1.165) is 11.1 Å². The Kier molecular flexibility index (Phi) is 4.52. The molecule has 3 aromatic rings. The van der Waals surface area contributed by atoms with Gasteiger partial charge in [0.05, 0.1) is 5.56 Å². The van der Waals surface area contributed by atoms with Crippen LogP contribution >= 0.6 is 15.9 Å². The molecular weight excluding hydrogens is 360 g/mol. The molecule has 0 aliphatic rings. The maximum atomic E-state index is 12.0. The minimum atomic E-state index is -0.451. The molecule has 0 saturated carbocycles. The number of hydrogen-bond donors (Lipinski definition) is 0. The fraction of sp³-hybridized carbons (Fsp3) is 0.118. The minimum absolute atomic E-state index is 0.0704. The molecule has 0 bridgehead atoms. The Labute approximate surface area is 141 Å². The van der Waals surface area contributed by atoms with E-state index in [4.69, 9.17) is 9.26 Å². The zero-order chi connectivity index (χ0) is 16.2. The van der Waals surface area contributed by atoms with Gasteiger partial charge in [0.2, 0.25) is 5.82 Å². The molecule has 6 heteroatoms. The van der Waals surface area contributed by atoms with Crippen LogP contribution in [0.4, 0.5) is 0 Å². The number of hydrogen-bond acceptors (Lipinski definition) is 5. The quantitative estimate of drug-likeness (QED) is 0.643. The highest BCUT2D eigenvalue weighted by molar-refractivity contribution is 9.10. The zero-order valence-electron chi connectivity index (χ0n) is 12.3. The van der Waals surface area contributed by atoms with Crippen LogP contribution in [0.5, 0.6) is 0 Å². The Balaban J connectivity index is 1.70. The average molecular weight is 373 g/mol. The first kappa shape index (κ1) is 15.4. The van der Waals surface area contributed by atoms with Crippen molar-refractivity contribution in [2.45, 2.75) is 13.5 Å². The molecule has 3 rings (SSSR count). The highest BCUT2D eigenvalue weighted by atomic mass is 79.9. The standard InChI is InChI=1S/C17H13BrN2O3/c1-11-6-2-3-7-12(11)16-19-15(23-20-16)10-22-17(21)13-8-4-5-9-14(13)18/h2-9H,10H2,1H3. The fourth-order valence-corrected chi connectivity index (χ4v) is 2.53. The molecule has 5 nitrogen and oxygen atoms in total. The number of nitrogens with zero attached hydrogens (tertiary/aromatic N) is 2. The van der Waals surface area contributed by atoms with Crippen LogP contribution in [0.15, 0.2) is 57.5 Å². The molecule has 1 heterocycles. The molecule has 0 spiro atoms. The Bertz CT molecular complexity index is 845. The number of benzene rings is 2. The lowest BCUT2D eigenvalue weighted by Crippen LogP contribution is -2.06.